The number of benzene rings is 1. The lowest BCUT2D eigenvalue weighted by molar-refractivity contribution is 0.264. The van der Waals surface area contributed by atoms with Crippen molar-refractivity contribution in [2.45, 2.75) is 12.5 Å². The van der Waals surface area contributed by atoms with Gasteiger partial charge in [0.1, 0.15) is 12.4 Å². The maximum absolute atomic E-state index is 5.94. The lowest BCUT2D eigenvalue weighted by Gasteiger charge is -2.23. The summed E-state index contributed by atoms with van der Waals surface area (Å²) in [5, 5.41) is 1.19. The molecular formula is C9H10Cl3NO. The van der Waals surface area contributed by atoms with Gasteiger partial charge in [-0.3, -0.25) is 0 Å². The normalized spacial score (nSPS) is 19.2. The second-order valence-electron chi connectivity index (χ2n) is 3.15. The number of hydrogen-bond acceptors (Lipinski definition) is 2. The van der Waals surface area contributed by atoms with Crippen LogP contribution in [0.3, 0.4) is 0 Å². The Balaban J connectivity index is 0.000000980. The molecule has 1 heterocycles. The summed E-state index contributed by atoms with van der Waals surface area (Å²) >= 11 is 11.8. The highest BCUT2D eigenvalue weighted by molar-refractivity contribution is 6.35. The predicted octanol–water partition coefficient (Wildman–Crippen LogP) is 2.68. The Morgan fingerprint density at radius 2 is 2.07 bits per heavy atom. The van der Waals surface area contributed by atoms with Crippen molar-refractivity contribution in [3.63, 3.8) is 0 Å². The van der Waals surface area contributed by atoms with E-state index in [-0.39, 0.29) is 18.4 Å². The molecule has 1 aliphatic heterocycles. The van der Waals surface area contributed by atoms with Gasteiger partial charge in [-0.15, -0.1) is 12.4 Å². The van der Waals surface area contributed by atoms with E-state index in [1.807, 2.05) is 6.07 Å². The molecule has 0 saturated carbocycles. The van der Waals surface area contributed by atoms with Crippen LogP contribution >= 0.6 is 35.6 Å². The van der Waals surface area contributed by atoms with Crippen LogP contribution in [-0.4, -0.2) is 12.6 Å². The predicted molar refractivity (Wildman–Crippen MR) is 60.9 cm³/mol. The summed E-state index contributed by atoms with van der Waals surface area (Å²) in [4.78, 5) is 0. The number of hydrogen-bond donors (Lipinski definition) is 1. The summed E-state index contributed by atoms with van der Waals surface area (Å²) < 4.78 is 5.41. The summed E-state index contributed by atoms with van der Waals surface area (Å²) in [5.41, 5.74) is 6.74. The molecule has 2 N–H and O–H groups in total. The van der Waals surface area contributed by atoms with Crippen LogP contribution in [0.1, 0.15) is 5.56 Å². The Morgan fingerprint density at radius 1 is 1.36 bits per heavy atom. The third-order valence-electron chi connectivity index (χ3n) is 2.01. The fraction of sp³-hybridized carbons (Fsp3) is 0.333. The van der Waals surface area contributed by atoms with E-state index in [0.717, 1.165) is 17.7 Å². The van der Waals surface area contributed by atoms with Crippen molar-refractivity contribution in [1.82, 2.24) is 0 Å². The van der Waals surface area contributed by atoms with E-state index in [1.54, 1.807) is 6.07 Å². The molecule has 0 bridgehead atoms. The second-order valence-corrected chi connectivity index (χ2v) is 3.99. The fourth-order valence-electron chi connectivity index (χ4n) is 1.46. The van der Waals surface area contributed by atoms with Gasteiger partial charge in [-0.1, -0.05) is 23.2 Å². The largest absolute Gasteiger partial charge is 0.490 e. The van der Waals surface area contributed by atoms with Crippen molar-refractivity contribution in [3.05, 3.63) is 27.7 Å². The molecular weight excluding hydrogens is 244 g/mol. The second kappa shape index (κ2) is 4.58. The molecule has 0 aliphatic carbocycles. The first-order valence-electron chi connectivity index (χ1n) is 4.03. The van der Waals surface area contributed by atoms with Crippen molar-refractivity contribution < 1.29 is 4.74 Å². The first-order valence-corrected chi connectivity index (χ1v) is 4.78. The van der Waals surface area contributed by atoms with Crippen LogP contribution in [0.4, 0.5) is 0 Å². The van der Waals surface area contributed by atoms with Crippen LogP contribution in [0.2, 0.25) is 10.0 Å². The van der Waals surface area contributed by atoms with E-state index in [4.69, 9.17) is 33.7 Å². The fourth-order valence-corrected chi connectivity index (χ4v) is 2.05. The zero-order chi connectivity index (χ0) is 9.42. The molecule has 1 unspecified atom stereocenters. The van der Waals surface area contributed by atoms with Gasteiger partial charge in [0.05, 0.1) is 5.02 Å². The molecule has 0 aromatic heterocycles. The van der Waals surface area contributed by atoms with Crippen LogP contribution in [0.25, 0.3) is 0 Å². The molecule has 2 rings (SSSR count). The van der Waals surface area contributed by atoms with Gasteiger partial charge in [0.2, 0.25) is 0 Å². The zero-order valence-corrected chi connectivity index (χ0v) is 9.62. The van der Waals surface area contributed by atoms with Crippen LogP contribution in [0.15, 0.2) is 12.1 Å². The van der Waals surface area contributed by atoms with Crippen molar-refractivity contribution in [2.75, 3.05) is 6.61 Å². The van der Waals surface area contributed by atoms with E-state index in [0.29, 0.717) is 16.7 Å². The first-order chi connectivity index (χ1) is 6.16. The third-order valence-corrected chi connectivity index (χ3v) is 2.51. The lowest BCUT2D eigenvalue weighted by Crippen LogP contribution is -2.33. The number of nitrogens with two attached hydrogens (primary N) is 1. The van der Waals surface area contributed by atoms with Crippen LogP contribution < -0.4 is 10.5 Å². The lowest BCUT2D eigenvalue weighted by atomic mass is 10.0. The zero-order valence-electron chi connectivity index (χ0n) is 7.30. The minimum atomic E-state index is 0. The summed E-state index contributed by atoms with van der Waals surface area (Å²) in [6.45, 7) is 0.522. The number of halogens is 3. The average molecular weight is 255 g/mol. The van der Waals surface area contributed by atoms with Gasteiger partial charge in [0.15, 0.2) is 0 Å². The molecule has 1 aromatic rings. The maximum Gasteiger partial charge on any atom is 0.141 e. The Hall–Kier alpha value is -0.150. The van der Waals surface area contributed by atoms with Crippen LogP contribution in [-0.2, 0) is 6.42 Å². The van der Waals surface area contributed by atoms with Gasteiger partial charge in [-0.05, 0) is 24.1 Å². The molecule has 0 fully saturated rings. The Kier molecular flexibility index (Phi) is 3.90. The van der Waals surface area contributed by atoms with Crippen molar-refractivity contribution >= 4 is 35.6 Å². The average Bonchev–Trinajstić information content (AvgIpc) is 2.02. The minimum Gasteiger partial charge on any atom is -0.490 e. The molecule has 2 nitrogen and oxygen atoms in total. The smallest absolute Gasteiger partial charge is 0.141 e. The first kappa shape index (κ1) is 11.9. The number of ether oxygens (including phenoxy) is 1. The monoisotopic (exact) mass is 253 g/mol. The molecule has 1 aliphatic rings. The van der Waals surface area contributed by atoms with E-state index < -0.39 is 0 Å². The van der Waals surface area contributed by atoms with Gasteiger partial charge in [-0.25, -0.2) is 0 Å². The molecule has 5 heteroatoms. The molecule has 0 spiro atoms. The molecule has 14 heavy (non-hydrogen) atoms. The molecule has 0 radical (unpaired) electrons. The standard InChI is InChI=1S/C9H9Cl2NO.ClH/c10-6-1-5-2-7(12)4-13-9(5)8(11)3-6;/h1,3,7H,2,4,12H2;1H. The van der Waals surface area contributed by atoms with Crippen molar-refractivity contribution in [3.8, 4) is 5.75 Å². The summed E-state index contributed by atoms with van der Waals surface area (Å²) in [7, 11) is 0. The topological polar surface area (TPSA) is 35.2 Å². The van der Waals surface area contributed by atoms with Gasteiger partial charge in [0, 0.05) is 11.1 Å². The van der Waals surface area contributed by atoms with Gasteiger partial charge in [-0.2, -0.15) is 0 Å². The quantitative estimate of drug-likeness (QED) is 0.772. The Morgan fingerprint density at radius 3 is 2.79 bits per heavy atom. The van der Waals surface area contributed by atoms with Crippen LogP contribution in [0.5, 0.6) is 5.75 Å². The highest BCUT2D eigenvalue weighted by atomic mass is 35.5. The van der Waals surface area contributed by atoms with E-state index in [9.17, 15) is 0 Å². The molecule has 78 valence electrons. The van der Waals surface area contributed by atoms with Gasteiger partial charge >= 0.3 is 0 Å². The van der Waals surface area contributed by atoms with Gasteiger partial charge < -0.3 is 10.5 Å². The SMILES string of the molecule is Cl.NC1COc2c(Cl)cc(Cl)cc2C1. The molecule has 1 aromatic carbocycles. The minimum absolute atomic E-state index is 0. The van der Waals surface area contributed by atoms with E-state index >= 15 is 0 Å². The molecule has 0 amide bonds. The Bertz CT molecular complexity index is 343. The summed E-state index contributed by atoms with van der Waals surface area (Å²) in [5.74, 6) is 0.729. The van der Waals surface area contributed by atoms with Crippen molar-refractivity contribution in [1.29, 1.82) is 0 Å². The molecule has 1 atom stereocenters. The highest BCUT2D eigenvalue weighted by Gasteiger charge is 2.19. The number of fused-ring (bicyclic) bond motifs is 1. The summed E-state index contributed by atoms with van der Waals surface area (Å²) in [6.07, 6.45) is 0.773. The Labute approximate surface area is 98.7 Å². The van der Waals surface area contributed by atoms with Crippen LogP contribution in [0, 0.1) is 0 Å². The third kappa shape index (κ3) is 2.26. The van der Waals surface area contributed by atoms with E-state index in [2.05, 4.69) is 0 Å². The highest BCUT2D eigenvalue weighted by Crippen LogP contribution is 2.35. The maximum atomic E-state index is 5.94. The molecule has 0 saturated heterocycles. The van der Waals surface area contributed by atoms with E-state index in [1.165, 1.54) is 0 Å². The summed E-state index contributed by atoms with van der Waals surface area (Å²) in [6, 6.07) is 3.57. The van der Waals surface area contributed by atoms with Gasteiger partial charge in [0.25, 0.3) is 0 Å². The number of rotatable bonds is 0. The van der Waals surface area contributed by atoms with Crippen molar-refractivity contribution in [2.24, 2.45) is 5.73 Å².